The van der Waals surface area contributed by atoms with Crippen molar-refractivity contribution in [2.75, 3.05) is 7.11 Å². The third-order valence-corrected chi connectivity index (χ3v) is 6.87. The van der Waals surface area contributed by atoms with Crippen LogP contribution in [0, 0.1) is 0 Å². The standard InChI is InChI=1S/C29H40N2O3/c1-5-27(29(33)30-25-8-6-7-9-25)31(20-23-12-17-26(34-4)18-13-23)28(32)19-14-22-10-15-24(16-11-22)21(2)3/h10-13,15-18,21,25,27H,5-9,14,19-20H2,1-4H3,(H,30,33)/t27-/m1/s1. The van der Waals surface area contributed by atoms with Crippen LogP contribution in [-0.2, 0) is 22.6 Å². The van der Waals surface area contributed by atoms with Gasteiger partial charge in [-0.3, -0.25) is 9.59 Å². The number of hydrogen-bond donors (Lipinski definition) is 1. The van der Waals surface area contributed by atoms with Crippen LogP contribution in [0.4, 0.5) is 0 Å². The Morgan fingerprint density at radius 3 is 2.18 bits per heavy atom. The second kappa shape index (κ2) is 12.6. The summed E-state index contributed by atoms with van der Waals surface area (Å²) in [7, 11) is 1.64. The molecule has 1 N–H and O–H groups in total. The summed E-state index contributed by atoms with van der Waals surface area (Å²) < 4.78 is 5.27. The van der Waals surface area contributed by atoms with E-state index in [9.17, 15) is 9.59 Å². The molecule has 0 aromatic heterocycles. The van der Waals surface area contributed by atoms with E-state index in [-0.39, 0.29) is 17.9 Å². The second-order valence-electron chi connectivity index (χ2n) is 9.68. The Hall–Kier alpha value is -2.82. The lowest BCUT2D eigenvalue weighted by Gasteiger charge is -2.31. The molecule has 2 amide bonds. The van der Waals surface area contributed by atoms with Gasteiger partial charge in [0.1, 0.15) is 11.8 Å². The summed E-state index contributed by atoms with van der Waals surface area (Å²) in [5.74, 6) is 1.24. The number of methoxy groups -OCH3 is 1. The van der Waals surface area contributed by atoms with Crippen molar-refractivity contribution in [3.05, 3.63) is 65.2 Å². The maximum Gasteiger partial charge on any atom is 0.243 e. The first kappa shape index (κ1) is 25.8. The lowest BCUT2D eigenvalue weighted by molar-refractivity contribution is -0.141. The molecule has 0 spiro atoms. The van der Waals surface area contributed by atoms with Crippen molar-refractivity contribution >= 4 is 11.8 Å². The van der Waals surface area contributed by atoms with Gasteiger partial charge >= 0.3 is 0 Å². The van der Waals surface area contributed by atoms with Crippen LogP contribution in [0.5, 0.6) is 5.75 Å². The van der Waals surface area contributed by atoms with Gasteiger partial charge in [-0.05, 0) is 60.4 Å². The molecule has 2 aromatic carbocycles. The minimum Gasteiger partial charge on any atom is -0.497 e. The van der Waals surface area contributed by atoms with E-state index >= 15 is 0 Å². The molecule has 5 heteroatoms. The number of nitrogens with zero attached hydrogens (tertiary/aromatic N) is 1. The van der Waals surface area contributed by atoms with E-state index in [0.717, 1.165) is 42.6 Å². The van der Waals surface area contributed by atoms with E-state index in [0.29, 0.717) is 31.7 Å². The number of ether oxygens (including phenoxy) is 1. The summed E-state index contributed by atoms with van der Waals surface area (Å²) in [5, 5.41) is 3.21. The molecule has 1 aliphatic carbocycles. The molecule has 1 atom stereocenters. The summed E-state index contributed by atoms with van der Waals surface area (Å²) >= 11 is 0. The molecule has 184 valence electrons. The Bertz CT molecular complexity index is 915. The fourth-order valence-corrected chi connectivity index (χ4v) is 4.68. The van der Waals surface area contributed by atoms with Crippen LogP contribution in [-0.4, -0.2) is 35.9 Å². The van der Waals surface area contributed by atoms with Crippen molar-refractivity contribution < 1.29 is 14.3 Å². The Morgan fingerprint density at radius 1 is 1.00 bits per heavy atom. The molecular weight excluding hydrogens is 424 g/mol. The Kier molecular flexibility index (Phi) is 9.55. The Balaban J connectivity index is 1.73. The number of rotatable bonds is 11. The fourth-order valence-electron chi connectivity index (χ4n) is 4.68. The van der Waals surface area contributed by atoms with Gasteiger partial charge in [0.15, 0.2) is 0 Å². The van der Waals surface area contributed by atoms with Crippen molar-refractivity contribution in [3.63, 3.8) is 0 Å². The average Bonchev–Trinajstić information content (AvgIpc) is 3.36. The summed E-state index contributed by atoms with van der Waals surface area (Å²) in [5.41, 5.74) is 3.43. The van der Waals surface area contributed by atoms with E-state index in [1.165, 1.54) is 5.56 Å². The van der Waals surface area contributed by atoms with Crippen LogP contribution < -0.4 is 10.1 Å². The number of benzene rings is 2. The summed E-state index contributed by atoms with van der Waals surface area (Å²) in [6, 6.07) is 16.0. The fraction of sp³-hybridized carbons (Fsp3) is 0.517. The maximum absolute atomic E-state index is 13.5. The largest absolute Gasteiger partial charge is 0.497 e. The molecule has 0 aliphatic heterocycles. The number of carbonyl (C=O) groups excluding carboxylic acids is 2. The van der Waals surface area contributed by atoms with Gasteiger partial charge in [-0.2, -0.15) is 0 Å². The van der Waals surface area contributed by atoms with Crippen LogP contribution in [0.3, 0.4) is 0 Å². The first-order valence-corrected chi connectivity index (χ1v) is 12.7. The molecular formula is C29H40N2O3. The molecule has 0 heterocycles. The highest BCUT2D eigenvalue weighted by Gasteiger charge is 2.30. The minimum absolute atomic E-state index is 0.0113. The highest BCUT2D eigenvalue weighted by molar-refractivity contribution is 5.88. The van der Waals surface area contributed by atoms with E-state index < -0.39 is 6.04 Å². The predicted octanol–water partition coefficient (Wildman–Crippen LogP) is 5.62. The van der Waals surface area contributed by atoms with Crippen molar-refractivity contribution in [2.24, 2.45) is 0 Å². The number of aryl methyl sites for hydroxylation is 1. The van der Waals surface area contributed by atoms with Gasteiger partial charge in [-0.15, -0.1) is 0 Å². The molecule has 5 nitrogen and oxygen atoms in total. The van der Waals surface area contributed by atoms with Gasteiger partial charge < -0.3 is 15.0 Å². The third-order valence-electron chi connectivity index (χ3n) is 6.87. The lowest BCUT2D eigenvalue weighted by Crippen LogP contribution is -2.51. The first-order chi connectivity index (χ1) is 16.4. The highest BCUT2D eigenvalue weighted by Crippen LogP contribution is 2.21. The lowest BCUT2D eigenvalue weighted by atomic mass is 10.00. The zero-order chi connectivity index (χ0) is 24.5. The SMILES string of the molecule is CC[C@H](C(=O)NC1CCCC1)N(Cc1ccc(OC)cc1)C(=O)CCc1ccc(C(C)C)cc1. The molecule has 34 heavy (non-hydrogen) atoms. The Labute approximate surface area is 204 Å². The van der Waals surface area contributed by atoms with Gasteiger partial charge in [0.2, 0.25) is 11.8 Å². The van der Waals surface area contributed by atoms with E-state index in [1.54, 1.807) is 12.0 Å². The summed E-state index contributed by atoms with van der Waals surface area (Å²) in [6.07, 6.45) is 6.00. The predicted molar refractivity (Wildman–Crippen MR) is 137 cm³/mol. The van der Waals surface area contributed by atoms with Crippen LogP contribution >= 0.6 is 0 Å². The zero-order valence-electron chi connectivity index (χ0n) is 21.2. The van der Waals surface area contributed by atoms with Crippen molar-refractivity contribution in [2.45, 2.75) is 90.3 Å². The van der Waals surface area contributed by atoms with E-state index in [2.05, 4.69) is 43.4 Å². The van der Waals surface area contributed by atoms with Crippen molar-refractivity contribution in [1.29, 1.82) is 0 Å². The molecule has 3 rings (SSSR count). The van der Waals surface area contributed by atoms with Crippen LogP contribution in [0.25, 0.3) is 0 Å². The van der Waals surface area contributed by atoms with Gasteiger partial charge in [0.05, 0.1) is 7.11 Å². The molecule has 0 bridgehead atoms. The van der Waals surface area contributed by atoms with Gasteiger partial charge in [0.25, 0.3) is 0 Å². The van der Waals surface area contributed by atoms with Crippen LogP contribution in [0.2, 0.25) is 0 Å². The molecule has 1 saturated carbocycles. The average molecular weight is 465 g/mol. The molecule has 1 aliphatic rings. The van der Waals surface area contributed by atoms with Crippen molar-refractivity contribution in [3.8, 4) is 5.75 Å². The number of amides is 2. The Morgan fingerprint density at radius 2 is 1.62 bits per heavy atom. The number of hydrogen-bond acceptors (Lipinski definition) is 3. The molecule has 1 fully saturated rings. The molecule has 0 radical (unpaired) electrons. The smallest absolute Gasteiger partial charge is 0.243 e. The monoisotopic (exact) mass is 464 g/mol. The molecule has 0 saturated heterocycles. The van der Waals surface area contributed by atoms with Crippen molar-refractivity contribution in [1.82, 2.24) is 10.2 Å². The van der Waals surface area contributed by atoms with Crippen LogP contribution in [0.1, 0.15) is 81.9 Å². The van der Waals surface area contributed by atoms with Gasteiger partial charge in [-0.25, -0.2) is 0 Å². The van der Waals surface area contributed by atoms with E-state index in [1.807, 2.05) is 31.2 Å². The number of carbonyl (C=O) groups is 2. The molecule has 0 unspecified atom stereocenters. The molecule has 2 aromatic rings. The zero-order valence-corrected chi connectivity index (χ0v) is 21.2. The van der Waals surface area contributed by atoms with E-state index in [4.69, 9.17) is 4.74 Å². The normalized spacial score (nSPS) is 14.7. The third kappa shape index (κ3) is 7.09. The highest BCUT2D eigenvalue weighted by atomic mass is 16.5. The van der Waals surface area contributed by atoms with Gasteiger partial charge in [0, 0.05) is 19.0 Å². The first-order valence-electron chi connectivity index (χ1n) is 12.7. The number of nitrogens with one attached hydrogen (secondary N) is 1. The quantitative estimate of drug-likeness (QED) is 0.470. The topological polar surface area (TPSA) is 58.6 Å². The minimum atomic E-state index is -0.474. The second-order valence-corrected chi connectivity index (χ2v) is 9.68. The summed E-state index contributed by atoms with van der Waals surface area (Å²) in [4.78, 5) is 28.5. The summed E-state index contributed by atoms with van der Waals surface area (Å²) in [6.45, 7) is 6.75. The van der Waals surface area contributed by atoms with Crippen LogP contribution in [0.15, 0.2) is 48.5 Å². The maximum atomic E-state index is 13.5. The van der Waals surface area contributed by atoms with Gasteiger partial charge in [-0.1, -0.05) is 70.0 Å².